The summed E-state index contributed by atoms with van der Waals surface area (Å²) in [5.41, 5.74) is -0.0482. The summed E-state index contributed by atoms with van der Waals surface area (Å²) in [4.78, 5) is 34.6. The number of ether oxygens (including phenoxy) is 1. The average molecular weight is 247 g/mol. The van der Waals surface area contributed by atoms with E-state index < -0.39 is 23.6 Å². The Morgan fingerprint density at radius 1 is 1.44 bits per heavy atom. The molecule has 0 bridgehead atoms. The Morgan fingerprint density at radius 2 is 2.00 bits per heavy atom. The monoisotopic (exact) mass is 246 g/mol. The smallest absolute Gasteiger partial charge is 0.425 e. The molecule has 0 unspecified atom stereocenters. The van der Waals surface area contributed by atoms with Crippen molar-refractivity contribution in [2.45, 2.75) is 26.4 Å². The summed E-state index contributed by atoms with van der Waals surface area (Å²) in [5, 5.41) is 2.14. The minimum absolute atomic E-state index is 0.155. The fourth-order valence-corrected chi connectivity index (χ4v) is 1.13. The van der Waals surface area contributed by atoms with Crippen LogP contribution in [0.15, 0.2) is 11.2 Å². The fraction of sp³-hybridized carbons (Fsp3) is 0.444. The molecule has 1 aliphatic heterocycles. The summed E-state index contributed by atoms with van der Waals surface area (Å²) in [6.45, 7) is 4.88. The molecule has 0 aromatic carbocycles. The Bertz CT molecular complexity index is 383. The molecule has 0 saturated carbocycles. The van der Waals surface area contributed by atoms with E-state index in [0.717, 1.165) is 5.54 Å². The summed E-state index contributed by atoms with van der Waals surface area (Å²) in [6.07, 6.45) is -1.02. The quantitative estimate of drug-likeness (QED) is 0.520. The summed E-state index contributed by atoms with van der Waals surface area (Å²) < 4.78 is 4.89. The topological polar surface area (TPSA) is 75.7 Å². The average Bonchev–Trinajstić information content (AvgIpc) is 2.38. The van der Waals surface area contributed by atoms with E-state index in [1.54, 1.807) is 20.8 Å². The zero-order valence-corrected chi connectivity index (χ0v) is 9.79. The van der Waals surface area contributed by atoms with Gasteiger partial charge in [-0.25, -0.2) is 9.59 Å². The van der Waals surface area contributed by atoms with Crippen molar-refractivity contribution in [2.75, 3.05) is 0 Å². The van der Waals surface area contributed by atoms with Crippen LogP contribution in [-0.2, 0) is 9.53 Å². The van der Waals surface area contributed by atoms with Gasteiger partial charge in [-0.05, 0) is 20.8 Å². The third-order valence-corrected chi connectivity index (χ3v) is 1.78. The molecular weight excluding hydrogens is 236 g/mol. The molecule has 1 N–H and O–H groups in total. The summed E-state index contributed by atoms with van der Waals surface area (Å²) >= 11 is 5.29. The van der Waals surface area contributed by atoms with Crippen LogP contribution in [0.2, 0.25) is 0 Å². The highest BCUT2D eigenvalue weighted by molar-refractivity contribution is 6.30. The molecule has 6 nitrogen and oxygen atoms in total. The number of hydrogen-bond donors (Lipinski definition) is 1. The van der Waals surface area contributed by atoms with Gasteiger partial charge in [-0.3, -0.25) is 4.79 Å². The minimum Gasteiger partial charge on any atom is -0.443 e. The lowest BCUT2D eigenvalue weighted by Gasteiger charge is -2.21. The molecule has 0 aliphatic carbocycles. The van der Waals surface area contributed by atoms with E-state index in [1.807, 2.05) is 0 Å². The van der Waals surface area contributed by atoms with Crippen LogP contribution in [-0.4, -0.2) is 28.5 Å². The molecule has 7 heteroatoms. The lowest BCUT2D eigenvalue weighted by atomic mass is 10.2. The molecule has 0 aromatic rings. The Balaban J connectivity index is 2.86. The summed E-state index contributed by atoms with van der Waals surface area (Å²) in [5.74, 6) is -0.825. The number of carbonyl (C=O) groups excluding carboxylic acids is 3. The number of hydrogen-bond acceptors (Lipinski definition) is 4. The van der Waals surface area contributed by atoms with E-state index in [0.29, 0.717) is 4.90 Å². The van der Waals surface area contributed by atoms with Gasteiger partial charge in [-0.2, -0.15) is 4.90 Å². The molecule has 1 fully saturated rings. The van der Waals surface area contributed by atoms with Crippen molar-refractivity contribution in [3.63, 3.8) is 0 Å². The van der Waals surface area contributed by atoms with Crippen LogP contribution in [0, 0.1) is 0 Å². The van der Waals surface area contributed by atoms with Gasteiger partial charge in [0.15, 0.2) is 0 Å². The van der Waals surface area contributed by atoms with Gasteiger partial charge in [0.05, 0.1) is 0 Å². The Kier molecular flexibility index (Phi) is 3.23. The lowest BCUT2D eigenvalue weighted by Crippen LogP contribution is -2.40. The number of urea groups is 1. The molecule has 0 radical (unpaired) electrons. The summed E-state index contributed by atoms with van der Waals surface area (Å²) in [7, 11) is 0. The molecule has 88 valence electrons. The number of amides is 4. The second kappa shape index (κ2) is 4.13. The van der Waals surface area contributed by atoms with E-state index >= 15 is 0 Å². The first-order chi connectivity index (χ1) is 7.26. The van der Waals surface area contributed by atoms with Crippen molar-refractivity contribution in [2.24, 2.45) is 0 Å². The lowest BCUT2D eigenvalue weighted by molar-refractivity contribution is -0.122. The van der Waals surface area contributed by atoms with Gasteiger partial charge in [0.2, 0.25) is 0 Å². The maximum atomic E-state index is 11.5. The summed E-state index contributed by atoms with van der Waals surface area (Å²) in [6, 6.07) is -0.869. The van der Waals surface area contributed by atoms with Crippen LogP contribution in [0.1, 0.15) is 20.8 Å². The first kappa shape index (κ1) is 12.5. The third kappa shape index (κ3) is 2.52. The molecule has 16 heavy (non-hydrogen) atoms. The van der Waals surface area contributed by atoms with Gasteiger partial charge in [0.1, 0.15) is 11.3 Å². The number of nitrogens with one attached hydrogen (secondary N) is 1. The van der Waals surface area contributed by atoms with Crippen molar-refractivity contribution in [1.29, 1.82) is 0 Å². The molecule has 0 atom stereocenters. The molecule has 1 saturated heterocycles. The molecule has 1 heterocycles. The first-order valence-electron chi connectivity index (χ1n) is 4.45. The molecule has 1 rings (SSSR count). The number of rotatable bonds is 0. The SMILES string of the molecule is CC(C)(C)OC(=O)N1C(=O)N/C(=C\Cl)C1=O. The van der Waals surface area contributed by atoms with Crippen LogP contribution < -0.4 is 5.32 Å². The highest BCUT2D eigenvalue weighted by atomic mass is 35.5. The standard InChI is InChI=1S/C9H11ClN2O4/c1-9(2,3)16-8(15)12-6(13)5(4-10)11-7(12)14/h4H,1-3H3,(H,11,14)/b5-4-. The van der Waals surface area contributed by atoms with Crippen LogP contribution >= 0.6 is 11.6 Å². The Labute approximate surface area is 97.2 Å². The van der Waals surface area contributed by atoms with Crippen LogP contribution in [0.25, 0.3) is 0 Å². The predicted octanol–water partition coefficient (Wildman–Crippen LogP) is 1.55. The van der Waals surface area contributed by atoms with Crippen molar-refractivity contribution in [3.8, 4) is 0 Å². The highest BCUT2D eigenvalue weighted by Gasteiger charge is 2.40. The van der Waals surface area contributed by atoms with Gasteiger partial charge >= 0.3 is 12.1 Å². The van der Waals surface area contributed by atoms with E-state index in [4.69, 9.17) is 16.3 Å². The Morgan fingerprint density at radius 3 is 2.38 bits per heavy atom. The van der Waals surface area contributed by atoms with Crippen LogP contribution in [0.5, 0.6) is 0 Å². The molecule has 0 spiro atoms. The highest BCUT2D eigenvalue weighted by Crippen LogP contribution is 2.15. The second-order valence-electron chi connectivity index (χ2n) is 4.07. The van der Waals surface area contributed by atoms with Gasteiger partial charge < -0.3 is 10.1 Å². The van der Waals surface area contributed by atoms with Crippen molar-refractivity contribution in [1.82, 2.24) is 10.2 Å². The van der Waals surface area contributed by atoms with Crippen LogP contribution in [0.4, 0.5) is 9.59 Å². The van der Waals surface area contributed by atoms with Crippen molar-refractivity contribution < 1.29 is 19.1 Å². The Hall–Kier alpha value is -1.56. The largest absolute Gasteiger partial charge is 0.443 e. The van der Waals surface area contributed by atoms with E-state index in [2.05, 4.69) is 5.32 Å². The van der Waals surface area contributed by atoms with Gasteiger partial charge in [0.25, 0.3) is 5.91 Å². The molecule has 1 aliphatic rings. The number of carbonyl (C=O) groups is 3. The minimum atomic E-state index is -1.02. The van der Waals surface area contributed by atoms with Gasteiger partial charge in [-0.1, -0.05) is 11.6 Å². The number of nitrogens with zero attached hydrogens (tertiary/aromatic N) is 1. The van der Waals surface area contributed by atoms with E-state index in [9.17, 15) is 14.4 Å². The second-order valence-corrected chi connectivity index (χ2v) is 4.29. The predicted molar refractivity (Wildman–Crippen MR) is 55.5 cm³/mol. The first-order valence-corrected chi connectivity index (χ1v) is 4.88. The zero-order valence-electron chi connectivity index (χ0n) is 9.04. The zero-order chi connectivity index (χ0) is 12.5. The van der Waals surface area contributed by atoms with E-state index in [1.165, 1.54) is 0 Å². The molecule has 0 aromatic heterocycles. The molecular formula is C9H11ClN2O4. The van der Waals surface area contributed by atoms with Gasteiger partial charge in [0, 0.05) is 5.54 Å². The van der Waals surface area contributed by atoms with Gasteiger partial charge in [-0.15, -0.1) is 0 Å². The van der Waals surface area contributed by atoms with Crippen molar-refractivity contribution >= 4 is 29.6 Å². The number of imide groups is 3. The van der Waals surface area contributed by atoms with Crippen LogP contribution in [0.3, 0.4) is 0 Å². The fourth-order valence-electron chi connectivity index (χ4n) is 0.985. The van der Waals surface area contributed by atoms with E-state index in [-0.39, 0.29) is 5.70 Å². The van der Waals surface area contributed by atoms with Crippen molar-refractivity contribution in [3.05, 3.63) is 11.2 Å². The third-order valence-electron chi connectivity index (χ3n) is 1.56. The number of halogens is 1. The molecule has 4 amide bonds. The normalized spacial score (nSPS) is 19.0. The maximum absolute atomic E-state index is 11.5. The maximum Gasteiger partial charge on any atom is 0.425 e.